The van der Waals surface area contributed by atoms with E-state index in [2.05, 4.69) is 20.4 Å². The third kappa shape index (κ3) is 3.16. The first-order chi connectivity index (χ1) is 14.9. The maximum absolute atomic E-state index is 14.9. The third-order valence-electron chi connectivity index (χ3n) is 5.42. The Morgan fingerprint density at radius 2 is 1.97 bits per heavy atom. The number of nitrogens with one attached hydrogen (secondary N) is 1. The average Bonchev–Trinajstić information content (AvgIpc) is 3.35. The molecule has 0 bridgehead atoms. The summed E-state index contributed by atoms with van der Waals surface area (Å²) < 4.78 is 35.5. The van der Waals surface area contributed by atoms with Crippen LogP contribution in [0.15, 0.2) is 65.1 Å². The van der Waals surface area contributed by atoms with E-state index in [0.717, 1.165) is 5.56 Å². The second-order valence-corrected chi connectivity index (χ2v) is 7.41. The lowest BCUT2D eigenvalue weighted by Gasteiger charge is -2.34. The van der Waals surface area contributed by atoms with E-state index in [1.807, 2.05) is 0 Å². The summed E-state index contributed by atoms with van der Waals surface area (Å²) in [6, 6.07) is 10.5. The summed E-state index contributed by atoms with van der Waals surface area (Å²) >= 11 is 0. The number of rotatable bonds is 3. The first kappa shape index (κ1) is 19.3. The number of nitrogens with zero attached hydrogens (tertiary/aromatic N) is 4. The Morgan fingerprint density at radius 3 is 2.65 bits per heavy atom. The second kappa shape index (κ2) is 6.96. The van der Waals surface area contributed by atoms with Crippen LogP contribution in [0.1, 0.15) is 23.1 Å². The van der Waals surface area contributed by atoms with E-state index in [1.54, 1.807) is 31.2 Å². The van der Waals surface area contributed by atoms with Crippen molar-refractivity contribution in [1.29, 1.82) is 0 Å². The number of hydrogen-bond acceptors (Lipinski definition) is 7. The van der Waals surface area contributed by atoms with Crippen molar-refractivity contribution in [2.24, 2.45) is 16.5 Å². The lowest BCUT2D eigenvalue weighted by molar-refractivity contribution is 0.115. The van der Waals surface area contributed by atoms with Gasteiger partial charge in [-0.2, -0.15) is 5.10 Å². The van der Waals surface area contributed by atoms with Gasteiger partial charge in [-0.15, -0.1) is 0 Å². The summed E-state index contributed by atoms with van der Waals surface area (Å²) in [5, 5.41) is 7.20. The van der Waals surface area contributed by atoms with Crippen LogP contribution in [0.2, 0.25) is 0 Å². The zero-order valence-corrected chi connectivity index (χ0v) is 16.5. The number of hydrogen-bond donors (Lipinski definition) is 3. The van der Waals surface area contributed by atoms with Crippen LogP contribution in [0.25, 0.3) is 5.69 Å². The maximum atomic E-state index is 14.9. The number of nitrogens with two attached hydrogens (primary N) is 2. The summed E-state index contributed by atoms with van der Waals surface area (Å²) in [5.41, 5.74) is 15.3. The largest absolute Gasteiger partial charge is 0.384 e. The molecule has 0 saturated carbocycles. The highest BCUT2D eigenvalue weighted by molar-refractivity contribution is 5.99. The van der Waals surface area contributed by atoms with E-state index in [4.69, 9.17) is 16.2 Å². The molecule has 0 amide bonds. The highest BCUT2D eigenvalue weighted by Crippen LogP contribution is 2.38. The van der Waals surface area contributed by atoms with Crippen molar-refractivity contribution in [3.05, 3.63) is 88.6 Å². The lowest BCUT2D eigenvalue weighted by atomic mass is 9.99. The van der Waals surface area contributed by atoms with Crippen LogP contribution in [-0.4, -0.2) is 27.2 Å². The normalized spacial score (nSPS) is 22.8. The zero-order chi connectivity index (χ0) is 21.8. The van der Waals surface area contributed by atoms with Crippen molar-refractivity contribution < 1.29 is 13.5 Å². The number of benzene rings is 2. The molecular formula is C21H19F2N7O. The molecule has 1 aromatic heterocycles. The molecule has 8 nitrogen and oxygen atoms in total. The summed E-state index contributed by atoms with van der Waals surface area (Å²) in [4.78, 5) is 8.40. The van der Waals surface area contributed by atoms with E-state index >= 15 is 0 Å². The Balaban J connectivity index is 1.50. The van der Waals surface area contributed by atoms with E-state index < -0.39 is 17.7 Å². The molecule has 2 aliphatic heterocycles. The number of ether oxygens (including phenoxy) is 1. The molecule has 0 saturated heterocycles. The van der Waals surface area contributed by atoms with Gasteiger partial charge < -0.3 is 15.8 Å². The second-order valence-electron chi connectivity index (χ2n) is 7.41. The van der Waals surface area contributed by atoms with E-state index in [-0.39, 0.29) is 23.9 Å². The molecule has 10 heteroatoms. The Kier molecular flexibility index (Phi) is 4.34. The van der Waals surface area contributed by atoms with E-state index in [9.17, 15) is 8.78 Å². The molecule has 0 fully saturated rings. The molecule has 0 aliphatic carbocycles. The Morgan fingerprint density at radius 1 is 1.19 bits per heavy atom. The number of aryl methyl sites for hydroxylation is 1. The van der Waals surface area contributed by atoms with Gasteiger partial charge in [0.25, 0.3) is 0 Å². The van der Waals surface area contributed by atoms with Gasteiger partial charge in [-0.05, 0) is 36.8 Å². The minimum absolute atomic E-state index is 0.206. The minimum Gasteiger partial charge on any atom is -0.384 e. The van der Waals surface area contributed by atoms with Crippen molar-refractivity contribution in [2.75, 3.05) is 6.61 Å². The fraction of sp³-hybridized carbons (Fsp3) is 0.190. The van der Waals surface area contributed by atoms with Crippen LogP contribution in [-0.2, 0) is 10.5 Å². The molecule has 31 heavy (non-hydrogen) atoms. The summed E-state index contributed by atoms with van der Waals surface area (Å²) in [6.07, 6.45) is 0.833. The smallest absolute Gasteiger partial charge is 0.211 e. The summed E-state index contributed by atoms with van der Waals surface area (Å²) in [6.45, 7) is 1.96. The third-order valence-corrected chi connectivity index (χ3v) is 5.42. The van der Waals surface area contributed by atoms with Gasteiger partial charge in [0.1, 0.15) is 41.4 Å². The van der Waals surface area contributed by atoms with Gasteiger partial charge in [0.05, 0.1) is 12.3 Å². The first-order valence-corrected chi connectivity index (χ1v) is 9.55. The highest BCUT2D eigenvalue weighted by atomic mass is 19.1. The molecule has 0 spiro atoms. The van der Waals surface area contributed by atoms with Gasteiger partial charge in [-0.25, -0.2) is 23.4 Å². The van der Waals surface area contributed by atoms with Gasteiger partial charge in [0.2, 0.25) is 5.79 Å². The predicted molar refractivity (Wildman–Crippen MR) is 109 cm³/mol. The van der Waals surface area contributed by atoms with Crippen LogP contribution in [0, 0.1) is 18.6 Å². The van der Waals surface area contributed by atoms with Gasteiger partial charge in [0, 0.05) is 11.1 Å². The van der Waals surface area contributed by atoms with Crippen molar-refractivity contribution in [1.82, 2.24) is 20.1 Å². The molecule has 3 heterocycles. The van der Waals surface area contributed by atoms with Crippen LogP contribution < -0.4 is 16.8 Å². The standard InChI is InChI=1S/C21H19F2N7O/c1-11-26-10-27-30(11)17-7-4-13(8-16(17)23)21(25)28-18-15(20(24)29-21)9-31-19(18)12-2-5-14(22)6-3-12/h2-8,10,19,28H,9,25H2,1H3,(H2,24,29). The molecule has 3 aromatic rings. The van der Waals surface area contributed by atoms with Gasteiger partial charge >= 0.3 is 0 Å². The van der Waals surface area contributed by atoms with Gasteiger partial charge in [0.15, 0.2) is 0 Å². The first-order valence-electron chi connectivity index (χ1n) is 9.55. The fourth-order valence-electron chi connectivity index (χ4n) is 3.82. The topological polar surface area (TPSA) is 116 Å². The maximum Gasteiger partial charge on any atom is 0.211 e. The summed E-state index contributed by atoms with van der Waals surface area (Å²) in [5.74, 6) is -1.64. The number of amidine groups is 1. The van der Waals surface area contributed by atoms with Crippen molar-refractivity contribution in [3.63, 3.8) is 0 Å². The molecule has 5 rings (SSSR count). The lowest BCUT2D eigenvalue weighted by Crippen LogP contribution is -2.53. The van der Waals surface area contributed by atoms with Crippen molar-refractivity contribution in [2.45, 2.75) is 18.8 Å². The molecule has 2 aromatic carbocycles. The SMILES string of the molecule is Cc1ncnn1-c1ccc(C2(N)N=C(N)C3=C(N2)C(c2ccc(F)cc2)OC3)cc1F. The molecule has 158 valence electrons. The van der Waals surface area contributed by atoms with Crippen LogP contribution in [0.3, 0.4) is 0 Å². The minimum atomic E-state index is -1.51. The number of aliphatic imine (C=N–C) groups is 1. The Labute approximate surface area is 176 Å². The Hall–Kier alpha value is -3.63. The van der Waals surface area contributed by atoms with Gasteiger partial charge in [-0.3, -0.25) is 5.73 Å². The molecule has 2 aliphatic rings. The fourth-order valence-corrected chi connectivity index (χ4v) is 3.82. The Bertz CT molecular complexity index is 1230. The van der Waals surface area contributed by atoms with Crippen LogP contribution in [0.5, 0.6) is 0 Å². The number of halogens is 2. The van der Waals surface area contributed by atoms with E-state index in [1.165, 1.54) is 29.2 Å². The number of aromatic nitrogens is 3. The summed E-state index contributed by atoms with van der Waals surface area (Å²) in [7, 11) is 0. The highest BCUT2D eigenvalue weighted by Gasteiger charge is 2.40. The molecule has 0 radical (unpaired) electrons. The molecule has 2 atom stereocenters. The molecule has 2 unspecified atom stereocenters. The quantitative estimate of drug-likeness (QED) is 0.593. The zero-order valence-electron chi connectivity index (χ0n) is 16.5. The van der Waals surface area contributed by atoms with Crippen molar-refractivity contribution in [3.8, 4) is 5.69 Å². The van der Waals surface area contributed by atoms with E-state index in [0.29, 0.717) is 22.7 Å². The molecular weight excluding hydrogens is 404 g/mol. The molecule has 5 N–H and O–H groups in total. The van der Waals surface area contributed by atoms with Crippen LogP contribution >= 0.6 is 0 Å². The van der Waals surface area contributed by atoms with Crippen LogP contribution in [0.4, 0.5) is 8.78 Å². The predicted octanol–water partition coefficient (Wildman–Crippen LogP) is 1.91. The van der Waals surface area contributed by atoms with Crippen molar-refractivity contribution >= 4 is 5.84 Å². The van der Waals surface area contributed by atoms with Gasteiger partial charge in [-0.1, -0.05) is 18.2 Å². The average molecular weight is 423 g/mol. The monoisotopic (exact) mass is 423 g/mol.